The van der Waals surface area contributed by atoms with Crippen molar-refractivity contribution in [1.82, 2.24) is 10.2 Å². The third-order valence-electron chi connectivity index (χ3n) is 6.50. The number of ether oxygens (including phenoxy) is 1. The van der Waals surface area contributed by atoms with Gasteiger partial charge in [0, 0.05) is 29.9 Å². The van der Waals surface area contributed by atoms with Gasteiger partial charge in [-0.2, -0.15) is 0 Å². The summed E-state index contributed by atoms with van der Waals surface area (Å²) in [5, 5.41) is 5.54. The van der Waals surface area contributed by atoms with Gasteiger partial charge in [-0.3, -0.25) is 9.59 Å². The second-order valence-corrected chi connectivity index (χ2v) is 9.64. The first kappa shape index (κ1) is 27.2. The number of benzene rings is 4. The third-order valence-corrected chi connectivity index (χ3v) is 6.87. The highest BCUT2D eigenvalue weighted by Gasteiger charge is 2.31. The SMILES string of the molecule is CCCCNC(=O)[C@H](Cc1ccccc1)N(Cc1ccccc1Cl)C(=O)COc1cccc2ccccc12. The van der Waals surface area contributed by atoms with Gasteiger partial charge in [0.2, 0.25) is 5.91 Å². The molecule has 196 valence electrons. The van der Waals surface area contributed by atoms with Crippen molar-refractivity contribution in [2.75, 3.05) is 13.2 Å². The number of nitrogens with one attached hydrogen (secondary N) is 1. The van der Waals surface area contributed by atoms with E-state index in [1.807, 2.05) is 91.0 Å². The summed E-state index contributed by atoms with van der Waals surface area (Å²) in [5.41, 5.74) is 1.74. The van der Waals surface area contributed by atoms with Crippen LogP contribution in [0.3, 0.4) is 0 Å². The fraction of sp³-hybridized carbons (Fsp3) is 0.250. The molecule has 4 aromatic carbocycles. The fourth-order valence-electron chi connectivity index (χ4n) is 4.41. The van der Waals surface area contributed by atoms with Crippen molar-refractivity contribution in [2.24, 2.45) is 0 Å². The van der Waals surface area contributed by atoms with E-state index in [0.717, 1.165) is 34.7 Å². The fourth-order valence-corrected chi connectivity index (χ4v) is 4.61. The van der Waals surface area contributed by atoms with E-state index in [0.29, 0.717) is 23.7 Å². The van der Waals surface area contributed by atoms with Gasteiger partial charge in [-0.05, 0) is 35.1 Å². The zero-order chi connectivity index (χ0) is 26.7. The first-order valence-corrected chi connectivity index (χ1v) is 13.4. The van der Waals surface area contributed by atoms with E-state index in [-0.39, 0.29) is 25.0 Å². The van der Waals surface area contributed by atoms with E-state index in [4.69, 9.17) is 16.3 Å². The molecule has 4 rings (SSSR count). The number of fused-ring (bicyclic) bond motifs is 1. The molecule has 0 fully saturated rings. The number of carbonyl (C=O) groups excluding carboxylic acids is 2. The minimum atomic E-state index is -0.728. The highest BCUT2D eigenvalue weighted by atomic mass is 35.5. The summed E-state index contributed by atoms with van der Waals surface area (Å²) in [7, 11) is 0. The largest absolute Gasteiger partial charge is 0.483 e. The summed E-state index contributed by atoms with van der Waals surface area (Å²) in [6.07, 6.45) is 2.21. The van der Waals surface area contributed by atoms with Gasteiger partial charge in [-0.15, -0.1) is 0 Å². The molecular formula is C32H33ClN2O3. The number of halogens is 1. The Morgan fingerprint density at radius 1 is 0.895 bits per heavy atom. The molecule has 38 heavy (non-hydrogen) atoms. The summed E-state index contributed by atoms with van der Waals surface area (Å²) >= 11 is 6.49. The van der Waals surface area contributed by atoms with Crippen LogP contribution in [0.25, 0.3) is 10.8 Å². The number of nitrogens with zero attached hydrogens (tertiary/aromatic N) is 1. The standard InChI is InChI=1S/C32H33ClN2O3/c1-2-3-20-34-32(37)29(21-24-12-5-4-6-13-24)35(22-26-15-8-10-18-28(26)33)31(36)23-38-30-19-11-16-25-14-7-9-17-27(25)30/h4-19,29H,2-3,20-23H2,1H3,(H,34,37)/t29-/m0/s1. The Kier molecular flexibility index (Phi) is 9.77. The number of carbonyl (C=O) groups is 2. The topological polar surface area (TPSA) is 58.6 Å². The molecule has 4 aromatic rings. The molecule has 0 saturated carbocycles. The van der Waals surface area contributed by atoms with E-state index in [1.165, 1.54) is 0 Å². The molecule has 0 radical (unpaired) electrons. The quantitative estimate of drug-likeness (QED) is 0.216. The molecule has 0 aromatic heterocycles. The molecule has 0 bridgehead atoms. The first-order valence-electron chi connectivity index (χ1n) is 13.0. The monoisotopic (exact) mass is 528 g/mol. The van der Waals surface area contributed by atoms with E-state index in [9.17, 15) is 9.59 Å². The average molecular weight is 529 g/mol. The van der Waals surface area contributed by atoms with Crippen LogP contribution in [0, 0.1) is 0 Å². The zero-order valence-corrected chi connectivity index (χ0v) is 22.4. The second-order valence-electron chi connectivity index (χ2n) is 9.23. The van der Waals surface area contributed by atoms with Crippen LogP contribution in [0.1, 0.15) is 30.9 Å². The Morgan fingerprint density at radius 3 is 2.39 bits per heavy atom. The van der Waals surface area contributed by atoms with Crippen molar-refractivity contribution in [3.63, 3.8) is 0 Å². The lowest BCUT2D eigenvalue weighted by Crippen LogP contribution is -2.51. The number of hydrogen-bond acceptors (Lipinski definition) is 3. The zero-order valence-electron chi connectivity index (χ0n) is 21.6. The van der Waals surface area contributed by atoms with Crippen LogP contribution in [0.2, 0.25) is 5.02 Å². The van der Waals surface area contributed by atoms with Crippen LogP contribution < -0.4 is 10.1 Å². The maximum Gasteiger partial charge on any atom is 0.261 e. The van der Waals surface area contributed by atoms with Crippen LogP contribution >= 0.6 is 11.6 Å². The smallest absolute Gasteiger partial charge is 0.261 e. The normalized spacial score (nSPS) is 11.6. The molecule has 0 heterocycles. The van der Waals surface area contributed by atoms with Crippen molar-refractivity contribution in [2.45, 2.75) is 38.8 Å². The molecule has 6 heteroatoms. The van der Waals surface area contributed by atoms with Gasteiger partial charge >= 0.3 is 0 Å². The highest BCUT2D eigenvalue weighted by molar-refractivity contribution is 6.31. The van der Waals surface area contributed by atoms with E-state index in [2.05, 4.69) is 12.2 Å². The lowest BCUT2D eigenvalue weighted by molar-refractivity contribution is -0.142. The summed E-state index contributed by atoms with van der Waals surface area (Å²) in [4.78, 5) is 28.9. The summed E-state index contributed by atoms with van der Waals surface area (Å²) in [6, 6.07) is 30.1. The van der Waals surface area contributed by atoms with Crippen LogP contribution in [0.15, 0.2) is 97.1 Å². The van der Waals surface area contributed by atoms with Crippen molar-refractivity contribution in [3.05, 3.63) is 113 Å². The maximum atomic E-state index is 13.8. The molecule has 1 N–H and O–H groups in total. The molecular weight excluding hydrogens is 496 g/mol. The van der Waals surface area contributed by atoms with Gasteiger partial charge in [0.15, 0.2) is 6.61 Å². The van der Waals surface area contributed by atoms with E-state index >= 15 is 0 Å². The predicted molar refractivity (Wildman–Crippen MR) is 153 cm³/mol. The lowest BCUT2D eigenvalue weighted by atomic mass is 10.0. The Labute approximate surface area is 229 Å². The molecule has 0 aliphatic carbocycles. The van der Waals surface area contributed by atoms with E-state index < -0.39 is 6.04 Å². The molecule has 1 atom stereocenters. The van der Waals surface area contributed by atoms with Crippen molar-refractivity contribution in [3.8, 4) is 5.75 Å². The third kappa shape index (κ3) is 7.14. The number of amides is 2. The van der Waals surface area contributed by atoms with E-state index in [1.54, 1.807) is 11.0 Å². The minimum Gasteiger partial charge on any atom is -0.483 e. The number of rotatable bonds is 12. The van der Waals surface area contributed by atoms with Crippen LogP contribution in [0.4, 0.5) is 0 Å². The molecule has 0 saturated heterocycles. The maximum absolute atomic E-state index is 13.8. The lowest BCUT2D eigenvalue weighted by Gasteiger charge is -2.31. The Hall–Kier alpha value is -3.83. The molecule has 0 spiro atoms. The Bertz CT molecular complexity index is 1350. The summed E-state index contributed by atoms with van der Waals surface area (Å²) in [5.74, 6) is 0.151. The average Bonchev–Trinajstić information content (AvgIpc) is 2.95. The summed E-state index contributed by atoms with van der Waals surface area (Å²) in [6.45, 7) is 2.62. The van der Waals surface area contributed by atoms with Gasteiger partial charge in [-0.25, -0.2) is 0 Å². The molecule has 2 amide bonds. The van der Waals surface area contributed by atoms with Gasteiger partial charge in [0.05, 0.1) is 0 Å². The van der Waals surface area contributed by atoms with Crippen LogP contribution in [0.5, 0.6) is 5.75 Å². The second kappa shape index (κ2) is 13.6. The number of hydrogen-bond donors (Lipinski definition) is 1. The Morgan fingerprint density at radius 2 is 1.61 bits per heavy atom. The number of unbranched alkanes of at least 4 members (excludes halogenated alkanes) is 1. The highest BCUT2D eigenvalue weighted by Crippen LogP contribution is 2.26. The van der Waals surface area contributed by atoms with Crippen LogP contribution in [-0.4, -0.2) is 35.9 Å². The van der Waals surface area contributed by atoms with Gasteiger partial charge in [0.25, 0.3) is 5.91 Å². The first-order chi connectivity index (χ1) is 18.6. The van der Waals surface area contributed by atoms with Gasteiger partial charge in [-0.1, -0.05) is 110 Å². The summed E-state index contributed by atoms with van der Waals surface area (Å²) < 4.78 is 6.05. The van der Waals surface area contributed by atoms with Crippen LogP contribution in [-0.2, 0) is 22.6 Å². The molecule has 0 aliphatic heterocycles. The Balaban J connectivity index is 1.63. The van der Waals surface area contributed by atoms with Crippen molar-refractivity contribution < 1.29 is 14.3 Å². The van der Waals surface area contributed by atoms with Gasteiger partial charge in [0.1, 0.15) is 11.8 Å². The molecule has 0 aliphatic rings. The minimum absolute atomic E-state index is 0.187. The predicted octanol–water partition coefficient (Wildman–Crippen LogP) is 6.43. The van der Waals surface area contributed by atoms with Crippen molar-refractivity contribution >= 4 is 34.2 Å². The van der Waals surface area contributed by atoms with Gasteiger partial charge < -0.3 is 15.0 Å². The molecule has 5 nitrogen and oxygen atoms in total. The van der Waals surface area contributed by atoms with Crippen molar-refractivity contribution in [1.29, 1.82) is 0 Å². The molecule has 0 unspecified atom stereocenters.